The highest BCUT2D eigenvalue weighted by atomic mass is 35.5. The molecule has 0 spiro atoms. The lowest BCUT2D eigenvalue weighted by molar-refractivity contribution is -0.127. The van der Waals surface area contributed by atoms with Crippen molar-refractivity contribution in [3.8, 4) is 0 Å². The van der Waals surface area contributed by atoms with Gasteiger partial charge in [0.25, 0.3) is 0 Å². The summed E-state index contributed by atoms with van der Waals surface area (Å²) < 4.78 is 5.08. The maximum absolute atomic E-state index is 12.4. The van der Waals surface area contributed by atoms with Crippen LogP contribution in [0.4, 0.5) is 11.8 Å². The van der Waals surface area contributed by atoms with Crippen molar-refractivity contribution < 1.29 is 14.6 Å². The first-order valence-electron chi connectivity index (χ1n) is 12.9. The summed E-state index contributed by atoms with van der Waals surface area (Å²) in [5.41, 5.74) is 2.47. The Bertz CT molecular complexity index is 1230. The van der Waals surface area contributed by atoms with Gasteiger partial charge >= 0.3 is 0 Å². The molecule has 1 aliphatic carbocycles. The molecule has 9 nitrogen and oxygen atoms in total. The van der Waals surface area contributed by atoms with Crippen molar-refractivity contribution in [1.29, 1.82) is 0 Å². The van der Waals surface area contributed by atoms with Crippen LogP contribution >= 0.6 is 11.6 Å². The summed E-state index contributed by atoms with van der Waals surface area (Å²) in [5, 5.41) is 21.2. The lowest BCUT2D eigenvalue weighted by Gasteiger charge is -2.29. The van der Waals surface area contributed by atoms with Crippen LogP contribution in [0.15, 0.2) is 36.7 Å². The predicted molar refractivity (Wildman–Crippen MR) is 144 cm³/mol. The van der Waals surface area contributed by atoms with Crippen LogP contribution in [-0.2, 0) is 9.53 Å². The number of aryl methyl sites for hydroxylation is 1. The molecular formula is C27H33ClN6O3. The van der Waals surface area contributed by atoms with E-state index in [0.717, 1.165) is 54.5 Å². The van der Waals surface area contributed by atoms with Crippen molar-refractivity contribution in [2.45, 2.75) is 50.6 Å². The topological polar surface area (TPSA) is 121 Å². The summed E-state index contributed by atoms with van der Waals surface area (Å²) >= 11 is 6.48. The second-order valence-corrected chi connectivity index (χ2v) is 10.4. The molecule has 5 rings (SSSR count). The molecule has 37 heavy (non-hydrogen) atoms. The highest BCUT2D eigenvalue weighted by Crippen LogP contribution is 2.29. The minimum atomic E-state index is -0.686. The number of hydrogen-bond donors (Lipinski definition) is 4. The molecule has 4 N–H and O–H groups in total. The van der Waals surface area contributed by atoms with E-state index in [2.05, 4.69) is 38.1 Å². The number of aliphatic hydroxyl groups excluding tert-OH is 1. The molecule has 0 radical (unpaired) electrons. The van der Waals surface area contributed by atoms with Crippen molar-refractivity contribution in [2.75, 3.05) is 37.0 Å². The van der Waals surface area contributed by atoms with E-state index < -0.39 is 5.92 Å². The first-order valence-corrected chi connectivity index (χ1v) is 13.2. The highest BCUT2D eigenvalue weighted by molar-refractivity contribution is 6.35. The first-order chi connectivity index (χ1) is 18.0. The molecule has 196 valence electrons. The quantitative estimate of drug-likeness (QED) is 0.334. The third-order valence-corrected chi connectivity index (χ3v) is 7.78. The maximum Gasteiger partial charge on any atom is 0.230 e. The number of amides is 1. The van der Waals surface area contributed by atoms with Crippen LogP contribution in [0.25, 0.3) is 10.9 Å². The molecule has 1 aromatic carbocycles. The van der Waals surface area contributed by atoms with E-state index in [-0.39, 0.29) is 18.6 Å². The highest BCUT2D eigenvalue weighted by Gasteiger charge is 2.27. The van der Waals surface area contributed by atoms with Gasteiger partial charge in [0.2, 0.25) is 11.9 Å². The average Bonchev–Trinajstić information content (AvgIpc) is 2.89. The fraction of sp³-hybridized carbons (Fsp3) is 0.481. The first kappa shape index (κ1) is 25.6. The standard InChI is InChI=1S/C27H33ClN6O3/c1-16-2-5-18-6-9-23(34-25(18)24(16)28)32-20-7-3-17(4-8-20)10-29-27-30-11-19(12-31-27)22(13-35)26(36)33-21-14-37-15-21/h2,5-6,9,11-12,17,20-22,35H,3-4,7-8,10,13-15H2,1H3,(H,32,34)(H,33,36)(H,29,30,31). The number of anilines is 2. The van der Waals surface area contributed by atoms with Gasteiger partial charge in [0, 0.05) is 35.9 Å². The summed E-state index contributed by atoms with van der Waals surface area (Å²) in [4.78, 5) is 25.9. The van der Waals surface area contributed by atoms with Crippen molar-refractivity contribution in [3.63, 3.8) is 0 Å². The largest absolute Gasteiger partial charge is 0.395 e. The fourth-order valence-corrected chi connectivity index (χ4v) is 5.08. The fourth-order valence-electron chi connectivity index (χ4n) is 4.86. The average molecular weight is 525 g/mol. The van der Waals surface area contributed by atoms with Crippen molar-refractivity contribution in [3.05, 3.63) is 52.8 Å². The molecule has 1 amide bonds. The normalized spacial score (nSPS) is 20.7. The number of ether oxygens (including phenoxy) is 1. The minimum Gasteiger partial charge on any atom is -0.395 e. The molecule has 1 aliphatic heterocycles. The van der Waals surface area contributed by atoms with E-state index in [1.807, 2.05) is 19.1 Å². The molecule has 10 heteroatoms. The Balaban J connectivity index is 1.08. The number of nitrogens with zero attached hydrogens (tertiary/aromatic N) is 3. The number of aromatic nitrogens is 3. The van der Waals surface area contributed by atoms with E-state index >= 15 is 0 Å². The van der Waals surface area contributed by atoms with Gasteiger partial charge < -0.3 is 25.8 Å². The number of carbonyl (C=O) groups is 1. The van der Waals surface area contributed by atoms with Crippen LogP contribution in [0.1, 0.15) is 42.7 Å². The molecule has 1 saturated carbocycles. The Morgan fingerprint density at radius 1 is 1.11 bits per heavy atom. The second kappa shape index (κ2) is 11.6. The Labute approximate surface area is 221 Å². The van der Waals surface area contributed by atoms with Crippen LogP contribution in [0.3, 0.4) is 0 Å². The number of fused-ring (bicyclic) bond motifs is 1. The van der Waals surface area contributed by atoms with Gasteiger partial charge in [-0.1, -0.05) is 23.7 Å². The van der Waals surface area contributed by atoms with E-state index in [9.17, 15) is 9.90 Å². The lowest BCUT2D eigenvalue weighted by Crippen LogP contribution is -2.50. The van der Waals surface area contributed by atoms with E-state index in [4.69, 9.17) is 21.3 Å². The second-order valence-electron chi connectivity index (χ2n) is 10.0. The zero-order valence-electron chi connectivity index (χ0n) is 20.9. The van der Waals surface area contributed by atoms with Crippen molar-refractivity contribution in [2.24, 2.45) is 5.92 Å². The van der Waals surface area contributed by atoms with E-state index in [0.29, 0.717) is 41.7 Å². The summed E-state index contributed by atoms with van der Waals surface area (Å²) in [6, 6.07) is 8.56. The van der Waals surface area contributed by atoms with Crippen LogP contribution in [0.5, 0.6) is 0 Å². The zero-order chi connectivity index (χ0) is 25.8. The van der Waals surface area contributed by atoms with Gasteiger partial charge in [-0.15, -0.1) is 0 Å². The van der Waals surface area contributed by atoms with Crippen LogP contribution in [0, 0.1) is 12.8 Å². The zero-order valence-corrected chi connectivity index (χ0v) is 21.7. The Hall–Kier alpha value is -3.01. The molecule has 2 aromatic heterocycles. The molecule has 1 atom stereocenters. The Kier molecular flexibility index (Phi) is 8.02. The van der Waals surface area contributed by atoms with Gasteiger partial charge in [-0.05, 0) is 56.2 Å². The minimum absolute atomic E-state index is 0.0142. The molecule has 2 aliphatic rings. The van der Waals surface area contributed by atoms with Gasteiger partial charge in [0.05, 0.1) is 42.3 Å². The van der Waals surface area contributed by atoms with Crippen molar-refractivity contribution >= 4 is 40.2 Å². The maximum atomic E-state index is 12.4. The molecule has 0 bridgehead atoms. The number of benzene rings is 1. The number of nitrogens with one attached hydrogen (secondary N) is 3. The van der Waals surface area contributed by atoms with Gasteiger partial charge in [-0.2, -0.15) is 0 Å². The molecule has 3 heterocycles. The molecule has 1 saturated heterocycles. The number of pyridine rings is 1. The third kappa shape index (κ3) is 6.11. The Morgan fingerprint density at radius 2 is 1.84 bits per heavy atom. The van der Waals surface area contributed by atoms with Crippen molar-refractivity contribution in [1.82, 2.24) is 20.3 Å². The smallest absolute Gasteiger partial charge is 0.230 e. The summed E-state index contributed by atoms with van der Waals surface area (Å²) in [6.07, 6.45) is 7.53. The van der Waals surface area contributed by atoms with Gasteiger partial charge in [-0.25, -0.2) is 15.0 Å². The number of halogens is 1. The van der Waals surface area contributed by atoms with Crippen LogP contribution in [0.2, 0.25) is 5.02 Å². The molecule has 1 unspecified atom stereocenters. The predicted octanol–water partition coefficient (Wildman–Crippen LogP) is 3.66. The summed E-state index contributed by atoms with van der Waals surface area (Å²) in [5.74, 6) is 1.01. The number of carbonyl (C=O) groups excluding carboxylic acids is 1. The number of rotatable bonds is 9. The van der Waals surface area contributed by atoms with Gasteiger partial charge in [0.1, 0.15) is 5.82 Å². The van der Waals surface area contributed by atoms with Crippen LogP contribution in [-0.4, -0.2) is 64.4 Å². The van der Waals surface area contributed by atoms with Gasteiger partial charge in [0.15, 0.2) is 0 Å². The van der Waals surface area contributed by atoms with E-state index in [1.54, 1.807) is 12.4 Å². The monoisotopic (exact) mass is 524 g/mol. The van der Waals surface area contributed by atoms with Crippen LogP contribution < -0.4 is 16.0 Å². The number of hydrogen-bond acceptors (Lipinski definition) is 8. The molecule has 3 aromatic rings. The van der Waals surface area contributed by atoms with E-state index in [1.165, 1.54) is 0 Å². The van der Waals surface area contributed by atoms with Gasteiger partial charge in [-0.3, -0.25) is 4.79 Å². The Morgan fingerprint density at radius 3 is 2.51 bits per heavy atom. The molecule has 2 fully saturated rings. The molecular weight excluding hydrogens is 492 g/mol. The number of aliphatic hydroxyl groups is 1. The summed E-state index contributed by atoms with van der Waals surface area (Å²) in [6.45, 7) is 3.51. The summed E-state index contributed by atoms with van der Waals surface area (Å²) in [7, 11) is 0. The SMILES string of the molecule is Cc1ccc2ccc(NC3CCC(CNc4ncc(C(CO)C(=O)NC5COC5)cn4)CC3)nc2c1Cl. The third-order valence-electron chi connectivity index (χ3n) is 7.30. The lowest BCUT2D eigenvalue weighted by atomic mass is 9.86.